The van der Waals surface area contributed by atoms with Crippen LogP contribution in [-0.4, -0.2) is 98.5 Å². The molecule has 0 aromatic rings. The summed E-state index contributed by atoms with van der Waals surface area (Å²) in [7, 11) is 0. The third-order valence-electron chi connectivity index (χ3n) is 10.5. The van der Waals surface area contributed by atoms with Gasteiger partial charge < -0.3 is 44.8 Å². The number of fused-ring (bicyclic) bond motifs is 4. The fourth-order valence-corrected chi connectivity index (χ4v) is 8.11. The van der Waals surface area contributed by atoms with E-state index in [1.54, 1.807) is 0 Å². The van der Waals surface area contributed by atoms with Gasteiger partial charge in [-0.3, -0.25) is 0 Å². The second-order valence-corrected chi connectivity index (χ2v) is 12.5. The van der Waals surface area contributed by atoms with Crippen LogP contribution in [-0.2, 0) is 14.2 Å². The van der Waals surface area contributed by atoms with E-state index in [-0.39, 0.29) is 41.5 Å². The van der Waals surface area contributed by atoms with Gasteiger partial charge in [-0.2, -0.15) is 0 Å². The summed E-state index contributed by atoms with van der Waals surface area (Å²) < 4.78 is 17.2. The van der Waals surface area contributed by atoms with Gasteiger partial charge in [0.05, 0.1) is 31.0 Å². The molecule has 2 saturated heterocycles. The second kappa shape index (κ2) is 8.71. The molecule has 200 valence electrons. The number of hydrogen-bond acceptors (Lipinski definition) is 9. The molecule has 9 nitrogen and oxygen atoms in total. The topological polar surface area (TPSA) is 152 Å². The van der Waals surface area contributed by atoms with E-state index in [4.69, 9.17) is 14.2 Å². The molecule has 0 radical (unpaired) electrons. The number of rotatable bonds is 5. The summed E-state index contributed by atoms with van der Waals surface area (Å²) in [6.45, 7) is 10.2. The van der Waals surface area contributed by atoms with Crippen LogP contribution in [0.4, 0.5) is 0 Å². The molecule has 14 atom stereocenters. The van der Waals surface area contributed by atoms with Gasteiger partial charge in [-0.15, -0.1) is 0 Å². The first-order valence-electron chi connectivity index (χ1n) is 13.0. The molecule has 2 aliphatic heterocycles. The van der Waals surface area contributed by atoms with Crippen LogP contribution >= 0.6 is 0 Å². The third kappa shape index (κ3) is 3.85. The van der Waals surface area contributed by atoms with E-state index in [9.17, 15) is 30.6 Å². The third-order valence-corrected chi connectivity index (χ3v) is 10.5. The zero-order valence-electron chi connectivity index (χ0n) is 20.9. The lowest BCUT2D eigenvalue weighted by molar-refractivity contribution is -0.299. The quantitative estimate of drug-likeness (QED) is 0.229. The molecule has 5 fully saturated rings. The first-order valence-corrected chi connectivity index (χ1v) is 13.0. The molecule has 6 N–H and O–H groups in total. The van der Waals surface area contributed by atoms with Crippen molar-refractivity contribution in [3.63, 3.8) is 0 Å². The van der Waals surface area contributed by atoms with Crippen molar-refractivity contribution in [3.05, 3.63) is 12.2 Å². The number of ether oxygens (including phenoxy) is 3. The largest absolute Gasteiger partial charge is 0.394 e. The zero-order valence-corrected chi connectivity index (χ0v) is 20.9. The van der Waals surface area contributed by atoms with E-state index in [0.717, 1.165) is 31.3 Å². The van der Waals surface area contributed by atoms with E-state index in [0.29, 0.717) is 6.42 Å². The number of epoxide rings is 1. The fraction of sp³-hybridized carbons (Fsp3) is 0.923. The summed E-state index contributed by atoms with van der Waals surface area (Å²) in [5.41, 5.74) is -0.242. The minimum absolute atomic E-state index is 0.0870. The highest BCUT2D eigenvalue weighted by atomic mass is 16.7. The summed E-state index contributed by atoms with van der Waals surface area (Å²) in [6.07, 6.45) is -4.04. The van der Waals surface area contributed by atoms with Crippen LogP contribution in [0.2, 0.25) is 0 Å². The number of aliphatic hydroxyl groups is 6. The zero-order chi connectivity index (χ0) is 25.5. The minimum Gasteiger partial charge on any atom is -0.394 e. The molecule has 0 aromatic heterocycles. The molecule has 5 rings (SSSR count). The monoisotopic (exact) mass is 498 g/mol. The normalized spacial score (nSPS) is 57.6. The summed E-state index contributed by atoms with van der Waals surface area (Å²) in [4.78, 5) is 0. The lowest BCUT2D eigenvalue weighted by Gasteiger charge is -2.57. The van der Waals surface area contributed by atoms with Crippen molar-refractivity contribution in [3.8, 4) is 0 Å². The van der Waals surface area contributed by atoms with Crippen molar-refractivity contribution in [2.75, 3.05) is 13.2 Å². The van der Waals surface area contributed by atoms with Gasteiger partial charge in [-0.1, -0.05) is 20.4 Å². The summed E-state index contributed by atoms with van der Waals surface area (Å²) in [6, 6.07) is 0. The highest BCUT2D eigenvalue weighted by Crippen LogP contribution is 2.68. The molecule has 0 spiro atoms. The Kier molecular flexibility index (Phi) is 6.47. The van der Waals surface area contributed by atoms with Gasteiger partial charge in [0.15, 0.2) is 6.29 Å². The fourth-order valence-electron chi connectivity index (χ4n) is 8.11. The Hall–Kier alpha value is -0.620. The van der Waals surface area contributed by atoms with Gasteiger partial charge in [0.25, 0.3) is 0 Å². The highest BCUT2D eigenvalue weighted by Gasteiger charge is 2.70. The number of hydrogen-bond donors (Lipinski definition) is 6. The van der Waals surface area contributed by atoms with Gasteiger partial charge in [0.1, 0.15) is 30.5 Å². The van der Waals surface area contributed by atoms with Gasteiger partial charge in [0, 0.05) is 5.41 Å². The van der Waals surface area contributed by atoms with Crippen molar-refractivity contribution in [2.24, 2.45) is 28.6 Å². The van der Waals surface area contributed by atoms with E-state index in [2.05, 4.69) is 13.5 Å². The maximum Gasteiger partial charge on any atom is 0.187 e. The number of aliphatic hydroxyl groups excluding tert-OH is 6. The Labute approximate surface area is 206 Å². The van der Waals surface area contributed by atoms with Crippen molar-refractivity contribution in [1.29, 1.82) is 0 Å². The molecule has 3 aliphatic carbocycles. The van der Waals surface area contributed by atoms with Crippen LogP contribution in [0.1, 0.15) is 52.9 Å². The van der Waals surface area contributed by atoms with Crippen LogP contribution in [0.25, 0.3) is 0 Å². The minimum atomic E-state index is -1.49. The molecule has 9 heteroatoms. The Morgan fingerprint density at radius 1 is 1.00 bits per heavy atom. The summed E-state index contributed by atoms with van der Waals surface area (Å²) in [5, 5.41) is 62.5. The molecule has 0 amide bonds. The van der Waals surface area contributed by atoms with Crippen LogP contribution < -0.4 is 0 Å². The van der Waals surface area contributed by atoms with E-state index < -0.39 is 54.9 Å². The molecule has 0 aromatic carbocycles. The Balaban J connectivity index is 1.33. The molecule has 5 aliphatic rings. The van der Waals surface area contributed by atoms with Crippen molar-refractivity contribution in [2.45, 2.75) is 107 Å². The maximum absolute atomic E-state index is 11.4. The first-order chi connectivity index (χ1) is 16.4. The van der Waals surface area contributed by atoms with Crippen LogP contribution in [0.3, 0.4) is 0 Å². The summed E-state index contributed by atoms with van der Waals surface area (Å²) >= 11 is 0. The van der Waals surface area contributed by atoms with Gasteiger partial charge >= 0.3 is 0 Å². The van der Waals surface area contributed by atoms with Crippen LogP contribution in [0.5, 0.6) is 0 Å². The lowest BCUT2D eigenvalue weighted by atomic mass is 9.49. The van der Waals surface area contributed by atoms with E-state index in [1.165, 1.54) is 0 Å². The van der Waals surface area contributed by atoms with E-state index in [1.807, 2.05) is 13.8 Å². The second-order valence-electron chi connectivity index (χ2n) is 12.5. The van der Waals surface area contributed by atoms with Gasteiger partial charge in [0.2, 0.25) is 0 Å². The van der Waals surface area contributed by atoms with E-state index >= 15 is 0 Å². The first kappa shape index (κ1) is 26.0. The Bertz CT molecular complexity index is 836. The molecular weight excluding hydrogens is 456 g/mol. The van der Waals surface area contributed by atoms with Gasteiger partial charge in [-0.25, -0.2) is 0 Å². The van der Waals surface area contributed by atoms with Gasteiger partial charge in [-0.05, 0) is 67.8 Å². The predicted molar refractivity (Wildman–Crippen MR) is 124 cm³/mol. The molecule has 3 saturated carbocycles. The van der Waals surface area contributed by atoms with Crippen molar-refractivity contribution in [1.82, 2.24) is 0 Å². The Morgan fingerprint density at radius 2 is 1.71 bits per heavy atom. The average molecular weight is 499 g/mol. The molecule has 0 bridgehead atoms. The molecule has 2 heterocycles. The predicted octanol–water partition coefficient (Wildman–Crippen LogP) is 0.0909. The summed E-state index contributed by atoms with van der Waals surface area (Å²) in [5.74, 6) is 0.408. The molecular formula is C26H42O9. The smallest absolute Gasteiger partial charge is 0.187 e. The average Bonchev–Trinajstić information content (AvgIpc) is 3.39. The molecule has 35 heavy (non-hydrogen) atoms. The lowest BCUT2D eigenvalue weighted by Crippen LogP contribution is -2.60. The Morgan fingerprint density at radius 3 is 2.40 bits per heavy atom. The maximum atomic E-state index is 11.4. The molecule has 0 unspecified atom stereocenters. The highest BCUT2D eigenvalue weighted by molar-refractivity contribution is 5.22. The van der Waals surface area contributed by atoms with Crippen LogP contribution in [0.15, 0.2) is 12.2 Å². The van der Waals surface area contributed by atoms with Crippen molar-refractivity contribution < 1.29 is 44.8 Å². The SMILES string of the molecule is C=C(CO[C@@H]1O[C@H](CO)[C@@H](O)[C@H](O)[C@H]1O)[C@@H]1CC[C@@]2(C)C[C@@H](O)[C@]3(C)[C@@H](O)[C@@H]4O[C@]4(C)CC[C@H]3[C@H]12. The standard InChI is InChI=1S/C26H42O9/c1-12(11-33-23-20(31)19(30)18(29)15(10-27)34-23)13-5-7-24(2)9-16(28)26(4)14(17(13)24)6-8-25(3)22(35-25)21(26)32/h13-23,27-32H,1,5-11H2,2-4H3/t13-,14-,15+,16+,17-,18+,19-,20+,21-,22-,23+,24-,25+,26+/m0/s1. The van der Waals surface area contributed by atoms with Crippen molar-refractivity contribution >= 4 is 0 Å². The van der Waals surface area contributed by atoms with Crippen LogP contribution in [0, 0.1) is 28.6 Å².